The van der Waals surface area contributed by atoms with Gasteiger partial charge in [-0.25, -0.2) is 9.59 Å². The molecule has 7 heteroatoms. The Morgan fingerprint density at radius 2 is 2.26 bits per heavy atom. The molecule has 2 N–H and O–H groups in total. The van der Waals surface area contributed by atoms with Crippen LogP contribution in [-0.4, -0.2) is 39.8 Å². The number of hydrogen-bond donors (Lipinski definition) is 2. The van der Waals surface area contributed by atoms with Crippen molar-refractivity contribution in [2.24, 2.45) is 0 Å². The topological polar surface area (TPSA) is 95.7 Å². The van der Waals surface area contributed by atoms with Crippen molar-refractivity contribution in [3.8, 4) is 0 Å². The number of aryl methyl sites for hydroxylation is 2. The summed E-state index contributed by atoms with van der Waals surface area (Å²) in [6.07, 6.45) is 1.23. The summed E-state index contributed by atoms with van der Waals surface area (Å²) in [4.78, 5) is 24.4. The number of carbonyl (C=O) groups excluding carboxylic acids is 1. The first-order chi connectivity index (χ1) is 9.00. The van der Waals surface area contributed by atoms with E-state index in [0.29, 0.717) is 25.3 Å². The second-order valence-electron chi connectivity index (χ2n) is 4.65. The summed E-state index contributed by atoms with van der Waals surface area (Å²) in [5, 5.41) is 15.5. The third kappa shape index (κ3) is 2.69. The lowest BCUT2D eigenvalue weighted by atomic mass is 10.2. The Labute approximate surface area is 110 Å². The number of urea groups is 1. The predicted molar refractivity (Wildman–Crippen MR) is 65.6 cm³/mol. The quantitative estimate of drug-likeness (QED) is 0.853. The highest BCUT2D eigenvalue weighted by atomic mass is 16.5. The minimum Gasteiger partial charge on any atom is -0.480 e. The Kier molecular flexibility index (Phi) is 3.73. The second-order valence-corrected chi connectivity index (χ2v) is 4.65. The Balaban J connectivity index is 1.96. The first-order valence-electron chi connectivity index (χ1n) is 6.19. The van der Waals surface area contributed by atoms with Crippen LogP contribution in [0, 0.1) is 13.8 Å². The van der Waals surface area contributed by atoms with Gasteiger partial charge in [0, 0.05) is 18.7 Å². The van der Waals surface area contributed by atoms with E-state index in [1.54, 1.807) is 13.8 Å². The maximum atomic E-state index is 12.0. The molecule has 0 bridgehead atoms. The minimum atomic E-state index is -0.954. The van der Waals surface area contributed by atoms with E-state index in [1.165, 1.54) is 4.90 Å². The summed E-state index contributed by atoms with van der Waals surface area (Å²) in [5.74, 6) is -0.293. The van der Waals surface area contributed by atoms with Gasteiger partial charge >= 0.3 is 12.0 Å². The molecule has 0 spiro atoms. The average Bonchev–Trinajstić information content (AvgIpc) is 2.95. The third-order valence-corrected chi connectivity index (χ3v) is 3.40. The van der Waals surface area contributed by atoms with Crippen LogP contribution in [0.15, 0.2) is 4.52 Å². The SMILES string of the molecule is Cc1noc(C)c1CNC(=O)N1CCCC1C(=O)O. The summed E-state index contributed by atoms with van der Waals surface area (Å²) >= 11 is 0. The largest absolute Gasteiger partial charge is 0.480 e. The number of aliphatic carboxylic acids is 1. The molecular weight excluding hydrogens is 250 g/mol. The summed E-state index contributed by atoms with van der Waals surface area (Å²) in [7, 11) is 0. The van der Waals surface area contributed by atoms with Gasteiger partial charge in [-0.3, -0.25) is 0 Å². The van der Waals surface area contributed by atoms with E-state index in [1.807, 2.05) is 0 Å². The van der Waals surface area contributed by atoms with Crippen molar-refractivity contribution < 1.29 is 19.2 Å². The van der Waals surface area contributed by atoms with Crippen molar-refractivity contribution in [3.63, 3.8) is 0 Å². The van der Waals surface area contributed by atoms with E-state index in [2.05, 4.69) is 10.5 Å². The van der Waals surface area contributed by atoms with E-state index in [0.717, 1.165) is 17.7 Å². The Hall–Kier alpha value is -2.05. The summed E-state index contributed by atoms with van der Waals surface area (Å²) in [6, 6.07) is -1.07. The molecule has 19 heavy (non-hydrogen) atoms. The van der Waals surface area contributed by atoms with Crippen LogP contribution in [0.1, 0.15) is 29.9 Å². The molecule has 2 rings (SSSR count). The van der Waals surface area contributed by atoms with E-state index in [-0.39, 0.29) is 6.03 Å². The molecule has 0 radical (unpaired) electrons. The van der Waals surface area contributed by atoms with Crippen molar-refractivity contribution >= 4 is 12.0 Å². The Morgan fingerprint density at radius 1 is 1.53 bits per heavy atom. The fourth-order valence-electron chi connectivity index (χ4n) is 2.29. The van der Waals surface area contributed by atoms with Crippen LogP contribution in [0.5, 0.6) is 0 Å². The summed E-state index contributed by atoms with van der Waals surface area (Å²) < 4.78 is 5.00. The van der Waals surface area contributed by atoms with Crippen LogP contribution < -0.4 is 5.32 Å². The van der Waals surface area contributed by atoms with Gasteiger partial charge in [0.15, 0.2) is 0 Å². The molecule has 1 fully saturated rings. The number of hydrogen-bond acceptors (Lipinski definition) is 4. The monoisotopic (exact) mass is 267 g/mol. The molecule has 1 aliphatic heterocycles. The maximum Gasteiger partial charge on any atom is 0.326 e. The number of rotatable bonds is 3. The predicted octanol–water partition coefficient (Wildman–Crippen LogP) is 1.05. The lowest BCUT2D eigenvalue weighted by Gasteiger charge is -2.21. The second kappa shape index (κ2) is 5.29. The van der Waals surface area contributed by atoms with Gasteiger partial charge in [-0.1, -0.05) is 5.16 Å². The van der Waals surface area contributed by atoms with E-state index < -0.39 is 12.0 Å². The molecule has 2 amide bonds. The highest BCUT2D eigenvalue weighted by Crippen LogP contribution is 2.18. The van der Waals surface area contributed by atoms with Crippen molar-refractivity contribution in [2.75, 3.05) is 6.54 Å². The zero-order valence-electron chi connectivity index (χ0n) is 11.0. The highest BCUT2D eigenvalue weighted by Gasteiger charge is 2.33. The van der Waals surface area contributed by atoms with Crippen LogP contribution >= 0.6 is 0 Å². The molecular formula is C12H17N3O4. The lowest BCUT2D eigenvalue weighted by molar-refractivity contribution is -0.141. The number of amides is 2. The van der Waals surface area contributed by atoms with E-state index >= 15 is 0 Å². The number of likely N-dealkylation sites (tertiary alicyclic amines) is 1. The van der Waals surface area contributed by atoms with Crippen LogP contribution in [0.3, 0.4) is 0 Å². The fourth-order valence-corrected chi connectivity index (χ4v) is 2.29. The Bertz CT molecular complexity index is 478. The average molecular weight is 267 g/mol. The zero-order valence-corrected chi connectivity index (χ0v) is 11.0. The number of nitrogens with zero attached hydrogens (tertiary/aromatic N) is 2. The van der Waals surface area contributed by atoms with Crippen LogP contribution in [-0.2, 0) is 11.3 Å². The molecule has 1 aromatic heterocycles. The van der Waals surface area contributed by atoms with Crippen LogP contribution in [0.2, 0.25) is 0 Å². The molecule has 1 aliphatic rings. The van der Waals surface area contributed by atoms with E-state index in [9.17, 15) is 9.59 Å². The minimum absolute atomic E-state index is 0.294. The van der Waals surface area contributed by atoms with Crippen LogP contribution in [0.4, 0.5) is 4.79 Å². The van der Waals surface area contributed by atoms with Gasteiger partial charge in [-0.05, 0) is 26.7 Å². The highest BCUT2D eigenvalue weighted by molar-refractivity contribution is 5.83. The fraction of sp³-hybridized carbons (Fsp3) is 0.583. The molecule has 1 unspecified atom stereocenters. The van der Waals surface area contributed by atoms with E-state index in [4.69, 9.17) is 9.63 Å². The van der Waals surface area contributed by atoms with Gasteiger partial charge in [0.05, 0.1) is 5.69 Å². The maximum absolute atomic E-state index is 12.0. The first-order valence-corrected chi connectivity index (χ1v) is 6.19. The molecule has 0 aromatic carbocycles. The van der Waals surface area contributed by atoms with Crippen LogP contribution in [0.25, 0.3) is 0 Å². The normalized spacial score (nSPS) is 18.6. The molecule has 0 aliphatic carbocycles. The van der Waals surface area contributed by atoms with Gasteiger partial charge in [0.25, 0.3) is 0 Å². The number of carboxylic acids is 1. The Morgan fingerprint density at radius 3 is 2.84 bits per heavy atom. The van der Waals surface area contributed by atoms with Crippen molar-refractivity contribution in [2.45, 2.75) is 39.3 Å². The van der Waals surface area contributed by atoms with Crippen molar-refractivity contribution in [1.29, 1.82) is 0 Å². The molecule has 2 heterocycles. The third-order valence-electron chi connectivity index (χ3n) is 3.40. The van der Waals surface area contributed by atoms with Crippen molar-refractivity contribution in [1.82, 2.24) is 15.4 Å². The number of aromatic nitrogens is 1. The molecule has 104 valence electrons. The van der Waals surface area contributed by atoms with Gasteiger partial charge in [0.2, 0.25) is 0 Å². The molecule has 0 saturated carbocycles. The summed E-state index contributed by atoms with van der Waals surface area (Å²) in [6.45, 7) is 4.35. The lowest BCUT2D eigenvalue weighted by Crippen LogP contribution is -2.45. The number of carboxylic acid groups (broad SMARTS) is 1. The van der Waals surface area contributed by atoms with Gasteiger partial charge in [-0.15, -0.1) is 0 Å². The first kappa shape index (κ1) is 13.4. The molecule has 1 atom stereocenters. The van der Waals surface area contributed by atoms with Gasteiger partial charge in [0.1, 0.15) is 11.8 Å². The zero-order chi connectivity index (χ0) is 14.0. The molecule has 1 aromatic rings. The molecule has 1 saturated heterocycles. The molecule has 7 nitrogen and oxygen atoms in total. The standard InChI is InChI=1S/C12H17N3O4/c1-7-9(8(2)19-14-7)6-13-12(18)15-5-3-4-10(15)11(16)17/h10H,3-6H2,1-2H3,(H,13,18)(H,16,17). The smallest absolute Gasteiger partial charge is 0.326 e. The number of carbonyl (C=O) groups is 2. The van der Waals surface area contributed by atoms with Crippen molar-refractivity contribution in [3.05, 3.63) is 17.0 Å². The number of nitrogens with one attached hydrogen (secondary N) is 1. The van der Waals surface area contributed by atoms with Gasteiger partial charge in [-0.2, -0.15) is 0 Å². The summed E-state index contributed by atoms with van der Waals surface area (Å²) in [5.41, 5.74) is 1.56. The van der Waals surface area contributed by atoms with Gasteiger partial charge < -0.3 is 19.8 Å².